The van der Waals surface area contributed by atoms with Gasteiger partial charge >= 0.3 is 0 Å². The van der Waals surface area contributed by atoms with Crippen molar-refractivity contribution in [1.82, 2.24) is 9.78 Å². The van der Waals surface area contributed by atoms with Gasteiger partial charge in [0.15, 0.2) is 0 Å². The van der Waals surface area contributed by atoms with Crippen molar-refractivity contribution in [3.63, 3.8) is 0 Å². The Bertz CT molecular complexity index is 312. The summed E-state index contributed by atoms with van der Waals surface area (Å²) in [4.78, 5) is 2.64. The Hall–Kier alpha value is -1.19. The van der Waals surface area contributed by atoms with E-state index < -0.39 is 0 Å². The van der Waals surface area contributed by atoms with Crippen LogP contribution in [0.4, 0.5) is 0 Å². The molecule has 0 spiro atoms. The predicted molar refractivity (Wildman–Crippen MR) is 46.0 cm³/mol. The Morgan fingerprint density at radius 2 is 2.58 bits per heavy atom. The average Bonchev–Trinajstić information content (AvgIpc) is 2.36. The van der Waals surface area contributed by atoms with E-state index in [0.29, 0.717) is 18.1 Å². The molecule has 1 heterocycles. The van der Waals surface area contributed by atoms with E-state index in [4.69, 9.17) is 17.1 Å². The Labute approximate surface area is 74.6 Å². The van der Waals surface area contributed by atoms with Crippen molar-refractivity contribution < 1.29 is 0 Å². The van der Waals surface area contributed by atoms with E-state index in [-0.39, 0.29) is 0 Å². The second-order valence-corrected chi connectivity index (χ2v) is 2.66. The van der Waals surface area contributed by atoms with E-state index in [0.717, 1.165) is 5.69 Å². The van der Waals surface area contributed by atoms with Crippen LogP contribution in [0.15, 0.2) is 11.3 Å². The molecule has 0 aromatic carbocycles. The molecule has 0 amide bonds. The Morgan fingerprint density at radius 1 is 1.83 bits per heavy atom. The molecule has 0 bridgehead atoms. The molecule has 0 aliphatic rings. The summed E-state index contributed by atoms with van der Waals surface area (Å²) in [6.07, 6.45) is 1.58. The minimum atomic E-state index is 0.398. The van der Waals surface area contributed by atoms with Crippen molar-refractivity contribution in [1.29, 1.82) is 0 Å². The summed E-state index contributed by atoms with van der Waals surface area (Å²) >= 11 is 5.76. The van der Waals surface area contributed by atoms with Crippen LogP contribution in [-0.4, -0.2) is 16.3 Å². The number of hydrogen-bond donors (Lipinski definition) is 0. The fourth-order valence-corrected chi connectivity index (χ4v) is 0.974. The highest BCUT2D eigenvalue weighted by molar-refractivity contribution is 6.31. The van der Waals surface area contributed by atoms with E-state index >= 15 is 0 Å². The molecule has 5 nitrogen and oxygen atoms in total. The first-order chi connectivity index (χ1) is 5.75. The van der Waals surface area contributed by atoms with E-state index in [2.05, 4.69) is 15.1 Å². The van der Waals surface area contributed by atoms with Gasteiger partial charge in [0.1, 0.15) is 0 Å². The lowest BCUT2D eigenvalue weighted by molar-refractivity contribution is 0.607. The monoisotopic (exact) mass is 185 g/mol. The summed E-state index contributed by atoms with van der Waals surface area (Å²) in [6, 6.07) is 0. The molecule has 1 aromatic rings. The zero-order chi connectivity index (χ0) is 8.97. The van der Waals surface area contributed by atoms with Crippen LogP contribution in [0.5, 0.6) is 0 Å². The Kier molecular flexibility index (Phi) is 2.96. The highest BCUT2D eigenvalue weighted by atomic mass is 35.5. The molecule has 0 saturated carbocycles. The lowest BCUT2D eigenvalue weighted by atomic mass is 10.5. The van der Waals surface area contributed by atoms with E-state index in [1.807, 2.05) is 6.92 Å². The van der Waals surface area contributed by atoms with Gasteiger partial charge < -0.3 is 0 Å². The largest absolute Gasteiger partial charge is 0.268 e. The summed E-state index contributed by atoms with van der Waals surface area (Å²) in [5, 5.41) is 8.02. The second kappa shape index (κ2) is 3.99. The lowest BCUT2D eigenvalue weighted by Crippen LogP contribution is -2.04. The molecule has 0 radical (unpaired) electrons. The van der Waals surface area contributed by atoms with E-state index in [1.54, 1.807) is 10.9 Å². The van der Waals surface area contributed by atoms with Crippen LogP contribution >= 0.6 is 11.6 Å². The molecule has 0 atom stereocenters. The zero-order valence-electron chi connectivity index (χ0n) is 6.61. The van der Waals surface area contributed by atoms with Crippen LogP contribution < -0.4 is 0 Å². The van der Waals surface area contributed by atoms with Gasteiger partial charge in [-0.2, -0.15) is 5.10 Å². The average molecular weight is 186 g/mol. The maximum absolute atomic E-state index is 8.02. The van der Waals surface area contributed by atoms with Gasteiger partial charge in [-0.15, -0.1) is 0 Å². The van der Waals surface area contributed by atoms with Gasteiger partial charge in [0, 0.05) is 18.0 Å². The highest BCUT2D eigenvalue weighted by Gasteiger charge is 2.01. The van der Waals surface area contributed by atoms with Crippen LogP contribution in [0.3, 0.4) is 0 Å². The SMILES string of the molecule is Cc1c(Cl)cnn1CCN=[N+]=[N-]. The van der Waals surface area contributed by atoms with Crippen LogP contribution in [0, 0.1) is 6.92 Å². The minimum absolute atomic E-state index is 0.398. The molecular weight excluding hydrogens is 178 g/mol. The van der Waals surface area contributed by atoms with Crippen LogP contribution in [0.1, 0.15) is 5.69 Å². The van der Waals surface area contributed by atoms with Gasteiger partial charge in [-0.05, 0) is 12.5 Å². The van der Waals surface area contributed by atoms with Crippen molar-refractivity contribution >= 4 is 11.6 Å². The van der Waals surface area contributed by atoms with Crippen molar-refractivity contribution in [2.45, 2.75) is 13.5 Å². The number of hydrogen-bond acceptors (Lipinski definition) is 2. The van der Waals surface area contributed by atoms with Gasteiger partial charge in [-0.1, -0.05) is 16.7 Å². The fourth-order valence-electron chi connectivity index (χ4n) is 0.833. The molecule has 0 unspecified atom stereocenters. The fraction of sp³-hybridized carbons (Fsp3) is 0.500. The quantitative estimate of drug-likeness (QED) is 0.404. The van der Waals surface area contributed by atoms with Gasteiger partial charge in [0.2, 0.25) is 0 Å². The van der Waals surface area contributed by atoms with Gasteiger partial charge in [-0.25, -0.2) is 0 Å². The number of nitrogens with zero attached hydrogens (tertiary/aromatic N) is 5. The Balaban J connectivity index is 2.63. The third kappa shape index (κ3) is 1.90. The topological polar surface area (TPSA) is 66.6 Å². The van der Waals surface area contributed by atoms with E-state index in [9.17, 15) is 0 Å². The van der Waals surface area contributed by atoms with Gasteiger partial charge in [-0.3, -0.25) is 4.68 Å². The smallest absolute Gasteiger partial charge is 0.0814 e. The molecule has 0 aliphatic heterocycles. The predicted octanol–water partition coefficient (Wildman–Crippen LogP) is 2.16. The van der Waals surface area contributed by atoms with Crippen LogP contribution in [0.25, 0.3) is 10.4 Å². The number of azide groups is 1. The molecule has 64 valence electrons. The molecule has 0 fully saturated rings. The van der Waals surface area contributed by atoms with Crippen LogP contribution in [-0.2, 0) is 6.54 Å². The number of halogens is 1. The molecule has 12 heavy (non-hydrogen) atoms. The first-order valence-electron chi connectivity index (χ1n) is 3.44. The molecule has 0 saturated heterocycles. The molecular formula is C6H8ClN5. The third-order valence-electron chi connectivity index (χ3n) is 1.52. The Morgan fingerprint density at radius 3 is 3.08 bits per heavy atom. The van der Waals surface area contributed by atoms with Gasteiger partial charge in [0.25, 0.3) is 0 Å². The third-order valence-corrected chi connectivity index (χ3v) is 1.89. The van der Waals surface area contributed by atoms with Crippen molar-refractivity contribution in [2.24, 2.45) is 5.11 Å². The molecule has 0 aliphatic carbocycles. The molecule has 1 aromatic heterocycles. The molecule has 1 rings (SSSR count). The van der Waals surface area contributed by atoms with Crippen molar-refractivity contribution in [3.05, 3.63) is 27.4 Å². The van der Waals surface area contributed by atoms with Gasteiger partial charge in [0.05, 0.1) is 16.9 Å². The summed E-state index contributed by atoms with van der Waals surface area (Å²) in [6.45, 7) is 2.84. The summed E-state index contributed by atoms with van der Waals surface area (Å²) in [7, 11) is 0. The maximum Gasteiger partial charge on any atom is 0.0814 e. The van der Waals surface area contributed by atoms with Crippen molar-refractivity contribution in [2.75, 3.05) is 6.54 Å². The van der Waals surface area contributed by atoms with Crippen LogP contribution in [0.2, 0.25) is 5.02 Å². The summed E-state index contributed by atoms with van der Waals surface area (Å²) in [5.74, 6) is 0. The molecule has 6 heteroatoms. The summed E-state index contributed by atoms with van der Waals surface area (Å²) in [5.41, 5.74) is 8.91. The first-order valence-corrected chi connectivity index (χ1v) is 3.82. The van der Waals surface area contributed by atoms with E-state index in [1.165, 1.54) is 0 Å². The maximum atomic E-state index is 8.02. The van der Waals surface area contributed by atoms with Crippen molar-refractivity contribution in [3.8, 4) is 0 Å². The normalized spacial score (nSPS) is 9.50. The lowest BCUT2D eigenvalue weighted by Gasteiger charge is -1.99. The first kappa shape index (κ1) is 8.90. The summed E-state index contributed by atoms with van der Waals surface area (Å²) < 4.78 is 1.71. The zero-order valence-corrected chi connectivity index (χ0v) is 7.36. The second-order valence-electron chi connectivity index (χ2n) is 2.26. The molecule has 0 N–H and O–H groups in total. The standard InChI is InChI=1S/C6H8ClN5/c1-5-6(7)4-10-12(5)3-2-9-11-8/h4H,2-3H2,1H3. The highest BCUT2D eigenvalue weighted by Crippen LogP contribution is 2.12. The minimum Gasteiger partial charge on any atom is -0.268 e. The number of aromatic nitrogens is 2. The number of rotatable bonds is 3.